The van der Waals surface area contributed by atoms with E-state index in [1.165, 1.54) is 16.3 Å². The first-order valence-corrected chi connectivity index (χ1v) is 10.7. The van der Waals surface area contributed by atoms with Crippen LogP contribution in [-0.4, -0.2) is 42.7 Å². The van der Waals surface area contributed by atoms with Gasteiger partial charge in [-0.25, -0.2) is 9.78 Å². The number of aliphatic hydroxyl groups excluding tert-OH is 1. The van der Waals surface area contributed by atoms with Crippen molar-refractivity contribution in [3.8, 4) is 5.75 Å². The number of benzene rings is 1. The van der Waals surface area contributed by atoms with Crippen LogP contribution in [0.25, 0.3) is 11.2 Å². The maximum absolute atomic E-state index is 12.4. The molecule has 3 rings (SSSR count). The van der Waals surface area contributed by atoms with Crippen molar-refractivity contribution in [3.05, 3.63) is 50.1 Å². The lowest BCUT2D eigenvalue weighted by Crippen LogP contribution is -2.30. The maximum atomic E-state index is 12.4. The van der Waals surface area contributed by atoms with Crippen LogP contribution in [-0.2, 0) is 13.6 Å². The molecule has 2 N–H and O–H groups in total. The number of halogens is 1. The molecule has 2 aromatic heterocycles. The molecule has 3 aromatic rings. The summed E-state index contributed by atoms with van der Waals surface area (Å²) in [5, 5.41) is 11.7. The van der Waals surface area contributed by atoms with E-state index < -0.39 is 17.4 Å². The number of thioether (sulfide) groups is 1. The second kappa shape index (κ2) is 9.51. The van der Waals surface area contributed by atoms with Crippen LogP contribution < -0.4 is 16.0 Å². The molecule has 0 unspecified atom stereocenters. The summed E-state index contributed by atoms with van der Waals surface area (Å²) in [4.78, 5) is 31.1. The summed E-state index contributed by atoms with van der Waals surface area (Å²) in [6, 6.07) is 6.84. The number of hydrogen-bond donors (Lipinski definition) is 2. The number of aliphatic hydroxyl groups is 1. The summed E-state index contributed by atoms with van der Waals surface area (Å²) in [5.74, 6) is 1.41. The van der Waals surface area contributed by atoms with E-state index in [0.29, 0.717) is 21.6 Å². The van der Waals surface area contributed by atoms with Gasteiger partial charge in [0, 0.05) is 17.8 Å². The van der Waals surface area contributed by atoms with Gasteiger partial charge in [-0.05, 0) is 30.7 Å². The molecule has 0 saturated heterocycles. The Labute approximate surface area is 176 Å². The molecule has 29 heavy (non-hydrogen) atoms. The largest absolute Gasteiger partial charge is 0.491 e. The van der Waals surface area contributed by atoms with Crippen LogP contribution in [0.5, 0.6) is 5.75 Å². The Balaban J connectivity index is 1.86. The Morgan fingerprint density at radius 3 is 2.72 bits per heavy atom. The summed E-state index contributed by atoms with van der Waals surface area (Å²) in [5.41, 5.74) is -0.493. The number of aromatic amines is 1. The Kier molecular flexibility index (Phi) is 7.05. The molecule has 0 aliphatic rings. The highest BCUT2D eigenvalue weighted by Gasteiger charge is 2.20. The molecule has 10 heteroatoms. The number of H-pyrrole nitrogens is 1. The van der Waals surface area contributed by atoms with E-state index in [9.17, 15) is 14.7 Å². The minimum absolute atomic E-state index is 0.0318. The molecule has 0 saturated carbocycles. The molecule has 0 bridgehead atoms. The molecule has 1 atom stereocenters. The van der Waals surface area contributed by atoms with Crippen LogP contribution in [0.3, 0.4) is 0 Å². The molecule has 1 aromatic carbocycles. The van der Waals surface area contributed by atoms with Gasteiger partial charge in [0.2, 0.25) is 0 Å². The number of imidazole rings is 1. The predicted molar refractivity (Wildman–Crippen MR) is 114 cm³/mol. The van der Waals surface area contributed by atoms with E-state index in [0.717, 1.165) is 18.6 Å². The van der Waals surface area contributed by atoms with Crippen molar-refractivity contribution in [2.24, 2.45) is 7.05 Å². The zero-order chi connectivity index (χ0) is 21.0. The third kappa shape index (κ3) is 5.04. The van der Waals surface area contributed by atoms with Gasteiger partial charge in [0.25, 0.3) is 5.56 Å². The Morgan fingerprint density at radius 2 is 2.03 bits per heavy atom. The average Bonchev–Trinajstić information content (AvgIpc) is 3.05. The number of ether oxygens (including phenoxy) is 1. The van der Waals surface area contributed by atoms with Gasteiger partial charge in [0.05, 0.1) is 6.54 Å². The Morgan fingerprint density at radius 1 is 1.31 bits per heavy atom. The summed E-state index contributed by atoms with van der Waals surface area (Å²) in [6.45, 7) is 2.24. The summed E-state index contributed by atoms with van der Waals surface area (Å²) >= 11 is 7.35. The van der Waals surface area contributed by atoms with Crippen molar-refractivity contribution >= 4 is 34.5 Å². The topological polar surface area (TPSA) is 102 Å². The van der Waals surface area contributed by atoms with Gasteiger partial charge in [-0.3, -0.25) is 14.3 Å². The van der Waals surface area contributed by atoms with Gasteiger partial charge in [-0.2, -0.15) is 0 Å². The number of fused-ring (bicyclic) bond motifs is 1. The second-order valence-corrected chi connectivity index (χ2v) is 8.11. The highest BCUT2D eigenvalue weighted by atomic mass is 35.5. The lowest BCUT2D eigenvalue weighted by molar-refractivity contribution is 0.0914. The third-order valence-electron chi connectivity index (χ3n) is 4.35. The van der Waals surface area contributed by atoms with Crippen molar-refractivity contribution in [1.29, 1.82) is 0 Å². The van der Waals surface area contributed by atoms with E-state index in [-0.39, 0.29) is 18.7 Å². The van der Waals surface area contributed by atoms with Gasteiger partial charge < -0.3 is 14.4 Å². The number of hydrogen-bond acceptors (Lipinski definition) is 6. The van der Waals surface area contributed by atoms with E-state index in [1.54, 1.807) is 35.9 Å². The first kappa shape index (κ1) is 21.5. The lowest BCUT2D eigenvalue weighted by Gasteiger charge is -2.15. The van der Waals surface area contributed by atoms with Gasteiger partial charge >= 0.3 is 5.69 Å². The first-order chi connectivity index (χ1) is 13.9. The fourth-order valence-electron chi connectivity index (χ4n) is 2.79. The highest BCUT2D eigenvalue weighted by molar-refractivity contribution is 7.99. The summed E-state index contributed by atoms with van der Waals surface area (Å²) < 4.78 is 8.56. The van der Waals surface area contributed by atoms with Crippen LogP contribution in [0, 0.1) is 0 Å². The summed E-state index contributed by atoms with van der Waals surface area (Å²) in [6.07, 6.45) is 1.14. The highest BCUT2D eigenvalue weighted by Crippen LogP contribution is 2.23. The zero-order valence-corrected chi connectivity index (χ0v) is 17.8. The molecule has 0 aliphatic carbocycles. The number of unbranched alkanes of at least 4 members (excludes halogenated alkanes) is 1. The molecule has 8 nitrogen and oxygen atoms in total. The van der Waals surface area contributed by atoms with Crippen molar-refractivity contribution in [3.63, 3.8) is 0 Å². The monoisotopic (exact) mass is 438 g/mol. The minimum Gasteiger partial charge on any atom is -0.491 e. The SMILES string of the molecule is CCCCSc1nc2c(c(=O)[nH]c(=O)n2C)n1C[C@@H](O)COc1ccc(Cl)cc1. The first-order valence-electron chi connectivity index (χ1n) is 9.29. The molecular formula is C19H23ClN4O4S. The Bertz CT molecular complexity index is 1090. The van der Waals surface area contributed by atoms with Crippen LogP contribution in [0.4, 0.5) is 0 Å². The van der Waals surface area contributed by atoms with Crippen molar-refractivity contribution < 1.29 is 9.84 Å². The fraction of sp³-hybridized carbons (Fsp3) is 0.421. The van der Waals surface area contributed by atoms with E-state index in [4.69, 9.17) is 16.3 Å². The molecule has 0 aliphatic heterocycles. The zero-order valence-electron chi connectivity index (χ0n) is 16.2. The molecular weight excluding hydrogens is 416 g/mol. The number of aromatic nitrogens is 4. The van der Waals surface area contributed by atoms with Gasteiger partial charge in [-0.15, -0.1) is 0 Å². The van der Waals surface area contributed by atoms with Crippen molar-refractivity contribution in [1.82, 2.24) is 19.1 Å². The van der Waals surface area contributed by atoms with Gasteiger partial charge in [0.1, 0.15) is 18.5 Å². The average molecular weight is 439 g/mol. The second-order valence-electron chi connectivity index (χ2n) is 6.62. The fourth-order valence-corrected chi connectivity index (χ4v) is 4.00. The van der Waals surface area contributed by atoms with Crippen molar-refractivity contribution in [2.45, 2.75) is 37.6 Å². The van der Waals surface area contributed by atoms with Crippen LogP contribution in [0.15, 0.2) is 39.0 Å². The van der Waals surface area contributed by atoms with Gasteiger partial charge in [0.15, 0.2) is 16.3 Å². The standard InChI is InChI=1S/C19H23ClN4O4S/c1-3-4-9-29-19-21-16-15(17(26)22-18(27)23(16)2)24(19)10-13(25)11-28-14-7-5-12(20)6-8-14/h5-8,13,25H,3-4,9-11H2,1-2H3,(H,22,26,27)/t13-/m1/s1. The molecule has 0 radical (unpaired) electrons. The van der Waals surface area contributed by atoms with E-state index in [1.807, 2.05) is 0 Å². The van der Waals surface area contributed by atoms with Crippen LogP contribution in [0.1, 0.15) is 19.8 Å². The predicted octanol–water partition coefficient (Wildman–Crippen LogP) is 2.41. The number of aryl methyl sites for hydroxylation is 1. The maximum Gasteiger partial charge on any atom is 0.329 e. The molecule has 2 heterocycles. The molecule has 156 valence electrons. The third-order valence-corrected chi connectivity index (χ3v) is 5.67. The molecule has 0 spiro atoms. The molecule has 0 amide bonds. The van der Waals surface area contributed by atoms with Crippen LogP contribution >= 0.6 is 23.4 Å². The number of nitrogens with one attached hydrogen (secondary N) is 1. The van der Waals surface area contributed by atoms with Gasteiger partial charge in [-0.1, -0.05) is 36.7 Å². The normalized spacial score (nSPS) is 12.4. The molecule has 0 fully saturated rings. The summed E-state index contributed by atoms with van der Waals surface area (Å²) in [7, 11) is 1.55. The number of nitrogens with zero attached hydrogens (tertiary/aromatic N) is 3. The van der Waals surface area contributed by atoms with Crippen molar-refractivity contribution in [2.75, 3.05) is 12.4 Å². The quantitative estimate of drug-likeness (QED) is 0.393. The van der Waals surface area contributed by atoms with E-state index >= 15 is 0 Å². The smallest absolute Gasteiger partial charge is 0.329 e. The number of rotatable bonds is 9. The lowest BCUT2D eigenvalue weighted by atomic mass is 10.3. The Hall–Kier alpha value is -2.23. The minimum atomic E-state index is -0.884. The van der Waals surface area contributed by atoms with Crippen LogP contribution in [0.2, 0.25) is 5.02 Å². The van der Waals surface area contributed by atoms with E-state index in [2.05, 4.69) is 16.9 Å².